The number of rotatable bonds is 2. The summed E-state index contributed by atoms with van der Waals surface area (Å²) in [6.45, 7) is 13.9. The molecule has 0 saturated carbocycles. The van der Waals surface area contributed by atoms with Gasteiger partial charge in [-0.15, -0.1) is 0 Å². The molecular formula is C17H26N2O. The summed E-state index contributed by atoms with van der Waals surface area (Å²) < 4.78 is 0. The molecule has 2 rings (SSSR count). The number of carbonyl (C=O) groups is 1. The molecule has 0 unspecified atom stereocenters. The summed E-state index contributed by atoms with van der Waals surface area (Å²) in [7, 11) is 0. The topological polar surface area (TPSA) is 32.3 Å². The minimum Gasteiger partial charge on any atom is -0.339 e. The second-order valence-electron chi connectivity index (χ2n) is 6.42. The van der Waals surface area contributed by atoms with Crippen molar-refractivity contribution in [3.63, 3.8) is 0 Å². The molecule has 0 aromatic heterocycles. The lowest BCUT2D eigenvalue weighted by Crippen LogP contribution is -2.52. The minimum absolute atomic E-state index is 0.241. The van der Waals surface area contributed by atoms with Crippen molar-refractivity contribution in [1.82, 2.24) is 10.2 Å². The van der Waals surface area contributed by atoms with E-state index in [9.17, 15) is 4.79 Å². The van der Waals surface area contributed by atoms with Gasteiger partial charge < -0.3 is 10.2 Å². The van der Waals surface area contributed by atoms with E-state index in [0.29, 0.717) is 0 Å². The lowest BCUT2D eigenvalue weighted by atomic mass is 9.79. The zero-order valence-electron chi connectivity index (χ0n) is 13.3. The number of nitrogens with zero attached hydrogens (tertiary/aromatic N) is 1. The van der Waals surface area contributed by atoms with Crippen molar-refractivity contribution in [2.45, 2.75) is 40.0 Å². The summed E-state index contributed by atoms with van der Waals surface area (Å²) >= 11 is 0. The van der Waals surface area contributed by atoms with Crippen molar-refractivity contribution in [2.75, 3.05) is 26.2 Å². The Morgan fingerprint density at radius 1 is 1.05 bits per heavy atom. The Balaban J connectivity index is 2.33. The minimum atomic E-state index is -0.458. The summed E-state index contributed by atoms with van der Waals surface area (Å²) in [6, 6.07) is 4.38. The number of benzene rings is 1. The number of hydrogen-bond donors (Lipinski definition) is 1. The van der Waals surface area contributed by atoms with Gasteiger partial charge in [-0.3, -0.25) is 4.79 Å². The zero-order valence-corrected chi connectivity index (χ0v) is 13.3. The zero-order chi connectivity index (χ0) is 14.9. The van der Waals surface area contributed by atoms with Gasteiger partial charge in [0.05, 0.1) is 5.41 Å². The van der Waals surface area contributed by atoms with Gasteiger partial charge in [-0.2, -0.15) is 0 Å². The highest BCUT2D eigenvalue weighted by Gasteiger charge is 2.35. The van der Waals surface area contributed by atoms with Crippen LogP contribution in [0.2, 0.25) is 0 Å². The van der Waals surface area contributed by atoms with Gasteiger partial charge in [0.2, 0.25) is 5.91 Å². The van der Waals surface area contributed by atoms with E-state index in [-0.39, 0.29) is 5.91 Å². The Morgan fingerprint density at radius 2 is 1.60 bits per heavy atom. The first-order valence-corrected chi connectivity index (χ1v) is 7.42. The highest BCUT2D eigenvalue weighted by atomic mass is 16.2. The molecule has 3 nitrogen and oxygen atoms in total. The smallest absolute Gasteiger partial charge is 0.232 e. The van der Waals surface area contributed by atoms with Gasteiger partial charge in [-0.1, -0.05) is 12.1 Å². The maximum absolute atomic E-state index is 12.9. The first kappa shape index (κ1) is 15.0. The van der Waals surface area contributed by atoms with Gasteiger partial charge in [0, 0.05) is 26.2 Å². The van der Waals surface area contributed by atoms with E-state index in [1.807, 2.05) is 4.90 Å². The van der Waals surface area contributed by atoms with Crippen LogP contribution >= 0.6 is 0 Å². The number of hydrogen-bond acceptors (Lipinski definition) is 2. The number of amides is 1. The Hall–Kier alpha value is -1.35. The Kier molecular flexibility index (Phi) is 4.19. The maximum Gasteiger partial charge on any atom is 0.232 e. The normalized spacial score (nSPS) is 16.4. The standard InChI is InChI=1S/C17H26N2O/c1-12-10-14(3)15(11-13(12)2)17(4,5)16(20)19-8-6-18-7-9-19/h10-11,18H,6-9H2,1-5H3. The van der Waals surface area contributed by atoms with Crippen molar-refractivity contribution in [2.24, 2.45) is 0 Å². The lowest BCUT2D eigenvalue weighted by Gasteiger charge is -2.36. The van der Waals surface area contributed by atoms with E-state index >= 15 is 0 Å². The molecule has 1 saturated heterocycles. The third kappa shape index (κ3) is 2.73. The third-order valence-corrected chi connectivity index (χ3v) is 4.45. The monoisotopic (exact) mass is 274 g/mol. The van der Waals surface area contributed by atoms with E-state index < -0.39 is 5.41 Å². The van der Waals surface area contributed by atoms with Crippen LogP contribution in [-0.2, 0) is 10.2 Å². The van der Waals surface area contributed by atoms with Crippen LogP contribution in [0.5, 0.6) is 0 Å². The van der Waals surface area contributed by atoms with Gasteiger partial charge in [-0.05, 0) is 56.9 Å². The van der Waals surface area contributed by atoms with Crippen LogP contribution in [0, 0.1) is 20.8 Å². The molecule has 3 heteroatoms. The fourth-order valence-electron chi connectivity index (χ4n) is 3.01. The molecule has 1 heterocycles. The summed E-state index contributed by atoms with van der Waals surface area (Å²) in [5, 5.41) is 3.29. The van der Waals surface area contributed by atoms with Gasteiger partial charge >= 0.3 is 0 Å². The number of nitrogens with one attached hydrogen (secondary N) is 1. The van der Waals surface area contributed by atoms with Crippen LogP contribution in [0.15, 0.2) is 12.1 Å². The molecule has 0 radical (unpaired) electrons. The first-order valence-electron chi connectivity index (χ1n) is 7.42. The van der Waals surface area contributed by atoms with E-state index in [4.69, 9.17) is 0 Å². The van der Waals surface area contributed by atoms with E-state index in [1.165, 1.54) is 16.7 Å². The van der Waals surface area contributed by atoms with Crippen LogP contribution in [0.4, 0.5) is 0 Å². The fraction of sp³-hybridized carbons (Fsp3) is 0.588. The third-order valence-electron chi connectivity index (χ3n) is 4.45. The Bertz CT molecular complexity index is 514. The highest BCUT2D eigenvalue weighted by Crippen LogP contribution is 2.30. The van der Waals surface area contributed by atoms with Crippen molar-refractivity contribution in [3.05, 3.63) is 34.4 Å². The van der Waals surface area contributed by atoms with Crippen LogP contribution in [0.3, 0.4) is 0 Å². The predicted octanol–water partition coefficient (Wildman–Crippen LogP) is 2.32. The molecular weight excluding hydrogens is 248 g/mol. The van der Waals surface area contributed by atoms with Crippen molar-refractivity contribution >= 4 is 5.91 Å². The van der Waals surface area contributed by atoms with E-state index in [2.05, 4.69) is 52.1 Å². The summed E-state index contributed by atoms with van der Waals surface area (Å²) in [5.74, 6) is 0.241. The van der Waals surface area contributed by atoms with E-state index in [1.54, 1.807) is 0 Å². The lowest BCUT2D eigenvalue weighted by molar-refractivity contribution is -0.136. The van der Waals surface area contributed by atoms with Crippen LogP contribution in [-0.4, -0.2) is 37.0 Å². The maximum atomic E-state index is 12.9. The van der Waals surface area contributed by atoms with Crippen LogP contribution in [0.1, 0.15) is 36.1 Å². The molecule has 0 aliphatic carbocycles. The molecule has 0 bridgehead atoms. The van der Waals surface area contributed by atoms with Gasteiger partial charge in [-0.25, -0.2) is 0 Å². The van der Waals surface area contributed by atoms with Crippen LogP contribution < -0.4 is 5.32 Å². The average Bonchev–Trinajstić information content (AvgIpc) is 2.42. The van der Waals surface area contributed by atoms with Gasteiger partial charge in [0.25, 0.3) is 0 Å². The highest BCUT2D eigenvalue weighted by molar-refractivity contribution is 5.88. The molecule has 0 atom stereocenters. The van der Waals surface area contributed by atoms with Crippen molar-refractivity contribution in [3.8, 4) is 0 Å². The van der Waals surface area contributed by atoms with Crippen LogP contribution in [0.25, 0.3) is 0 Å². The summed E-state index contributed by atoms with van der Waals surface area (Å²) in [6.07, 6.45) is 0. The first-order chi connectivity index (χ1) is 9.34. The molecule has 20 heavy (non-hydrogen) atoms. The number of piperazine rings is 1. The van der Waals surface area contributed by atoms with Crippen molar-refractivity contribution in [1.29, 1.82) is 0 Å². The van der Waals surface area contributed by atoms with Crippen molar-refractivity contribution < 1.29 is 4.79 Å². The summed E-state index contributed by atoms with van der Waals surface area (Å²) in [5.41, 5.74) is 4.45. The predicted molar refractivity (Wildman–Crippen MR) is 83.1 cm³/mol. The fourth-order valence-corrected chi connectivity index (χ4v) is 3.01. The quantitative estimate of drug-likeness (QED) is 0.897. The SMILES string of the molecule is Cc1cc(C)c(C(C)(C)C(=O)N2CCNCC2)cc1C. The largest absolute Gasteiger partial charge is 0.339 e. The number of carbonyl (C=O) groups excluding carboxylic acids is 1. The number of aryl methyl sites for hydroxylation is 3. The second kappa shape index (κ2) is 5.57. The molecule has 1 aliphatic rings. The van der Waals surface area contributed by atoms with E-state index in [0.717, 1.165) is 31.7 Å². The molecule has 1 aliphatic heterocycles. The molecule has 1 N–H and O–H groups in total. The second-order valence-corrected chi connectivity index (χ2v) is 6.42. The average molecular weight is 274 g/mol. The molecule has 1 amide bonds. The summed E-state index contributed by atoms with van der Waals surface area (Å²) in [4.78, 5) is 14.9. The molecule has 110 valence electrons. The van der Waals surface area contributed by atoms with Gasteiger partial charge in [0.1, 0.15) is 0 Å². The molecule has 1 aromatic rings. The van der Waals surface area contributed by atoms with Gasteiger partial charge in [0.15, 0.2) is 0 Å². The Morgan fingerprint density at radius 3 is 2.20 bits per heavy atom. The Labute approximate surface area is 122 Å². The molecule has 0 spiro atoms. The molecule has 1 fully saturated rings. The molecule has 1 aromatic carbocycles.